The molecule has 0 aliphatic carbocycles. The first-order valence-electron chi connectivity index (χ1n) is 9.59. The molecular weight excluding hydrogens is 436 g/mol. The van der Waals surface area contributed by atoms with Gasteiger partial charge in [-0.05, 0) is 17.7 Å². The van der Waals surface area contributed by atoms with Gasteiger partial charge < -0.3 is 15.2 Å². The van der Waals surface area contributed by atoms with Crippen molar-refractivity contribution < 1.29 is 24.2 Å². The van der Waals surface area contributed by atoms with E-state index in [-0.39, 0.29) is 12.3 Å². The number of carbonyl (C=O) groups excluding carboxylic acids is 2. The van der Waals surface area contributed by atoms with Gasteiger partial charge in [-0.1, -0.05) is 48.5 Å². The quantitative estimate of drug-likeness (QED) is 0.590. The summed E-state index contributed by atoms with van der Waals surface area (Å²) in [5.74, 6) is -0.320. The highest BCUT2D eigenvalue weighted by atomic mass is 32.2. The molecule has 0 bridgehead atoms. The van der Waals surface area contributed by atoms with Crippen molar-refractivity contribution in [1.29, 1.82) is 0 Å². The highest BCUT2D eigenvalue weighted by Gasteiger charge is 2.54. The number of hydrogen-bond donors (Lipinski definition) is 2. The molecule has 2 N–H and O–H groups in total. The van der Waals surface area contributed by atoms with Gasteiger partial charge in [0.1, 0.15) is 22.9 Å². The maximum atomic E-state index is 12.7. The van der Waals surface area contributed by atoms with E-state index in [9.17, 15) is 19.5 Å². The van der Waals surface area contributed by atoms with Crippen LogP contribution in [0.4, 0.5) is 0 Å². The number of para-hydroxylation sites is 1. The second-order valence-electron chi connectivity index (χ2n) is 6.91. The van der Waals surface area contributed by atoms with Crippen molar-refractivity contribution in [2.75, 3.05) is 12.4 Å². The molecule has 4 rings (SSSR count). The number of ether oxygens (including phenoxy) is 1. The van der Waals surface area contributed by atoms with E-state index in [1.807, 2.05) is 36.4 Å². The summed E-state index contributed by atoms with van der Waals surface area (Å²) < 4.78 is 5.41. The number of carboxylic acids is 1. The van der Waals surface area contributed by atoms with Crippen molar-refractivity contribution in [2.45, 2.75) is 17.2 Å². The molecule has 160 valence electrons. The number of thioether (sulfide) groups is 2. The Morgan fingerprint density at radius 2 is 1.81 bits per heavy atom. The van der Waals surface area contributed by atoms with E-state index in [2.05, 4.69) is 5.32 Å². The van der Waals surface area contributed by atoms with Crippen LogP contribution in [0.15, 0.2) is 71.3 Å². The van der Waals surface area contributed by atoms with Crippen LogP contribution in [0.3, 0.4) is 0 Å². The van der Waals surface area contributed by atoms with Gasteiger partial charge in [0.05, 0.1) is 0 Å². The largest absolute Gasteiger partial charge is 0.484 e. The minimum absolute atomic E-state index is 0.0146. The third-order valence-corrected chi connectivity index (χ3v) is 7.45. The average Bonchev–Trinajstić information content (AvgIpc) is 2.80. The first-order chi connectivity index (χ1) is 15.0. The number of amides is 2. The second-order valence-corrected chi connectivity index (χ2v) is 9.08. The van der Waals surface area contributed by atoms with Gasteiger partial charge in [0, 0.05) is 16.4 Å². The molecule has 0 unspecified atom stereocenters. The van der Waals surface area contributed by atoms with Crippen LogP contribution in [0.25, 0.3) is 0 Å². The van der Waals surface area contributed by atoms with E-state index in [1.54, 1.807) is 24.3 Å². The predicted molar refractivity (Wildman–Crippen MR) is 119 cm³/mol. The fourth-order valence-electron chi connectivity index (χ4n) is 3.33. The van der Waals surface area contributed by atoms with E-state index in [0.29, 0.717) is 22.2 Å². The van der Waals surface area contributed by atoms with E-state index in [0.717, 1.165) is 5.56 Å². The topological polar surface area (TPSA) is 95.9 Å². The molecule has 0 saturated carbocycles. The van der Waals surface area contributed by atoms with Gasteiger partial charge in [-0.3, -0.25) is 14.5 Å². The van der Waals surface area contributed by atoms with Crippen molar-refractivity contribution in [3.8, 4) is 5.75 Å². The Kier molecular flexibility index (Phi) is 6.53. The molecule has 2 amide bonds. The fourth-order valence-corrected chi connectivity index (χ4v) is 5.91. The van der Waals surface area contributed by atoms with Crippen molar-refractivity contribution in [3.05, 3.63) is 76.8 Å². The standard InChI is InChI=1S/C22H20N2O5S2/c25-17(11-29-15-9-5-2-6-10-15)23-18-20(26)24-19(22(27)28)16(13-31-21(18)24)30-12-14-7-3-1-4-8-14/h1-10,18,21H,11-13H2,(H,23,25)(H,27,28)/t18-,21+/m1/s1. The maximum Gasteiger partial charge on any atom is 0.353 e. The summed E-state index contributed by atoms with van der Waals surface area (Å²) in [5.41, 5.74) is 1.09. The predicted octanol–water partition coefficient (Wildman–Crippen LogP) is 2.69. The van der Waals surface area contributed by atoms with Gasteiger partial charge in [-0.15, -0.1) is 23.5 Å². The van der Waals surface area contributed by atoms with Gasteiger partial charge in [0.2, 0.25) is 0 Å². The summed E-state index contributed by atoms with van der Waals surface area (Å²) in [6, 6.07) is 17.9. The molecule has 2 heterocycles. The highest BCUT2D eigenvalue weighted by Crippen LogP contribution is 2.44. The number of aliphatic carboxylic acids is 1. The Balaban J connectivity index is 1.38. The van der Waals surface area contributed by atoms with E-state index < -0.39 is 29.2 Å². The molecule has 2 aliphatic rings. The number of nitrogens with zero attached hydrogens (tertiary/aromatic N) is 1. The molecule has 0 radical (unpaired) electrons. The summed E-state index contributed by atoms with van der Waals surface area (Å²) in [4.78, 5) is 38.8. The third kappa shape index (κ3) is 4.72. The van der Waals surface area contributed by atoms with Crippen LogP contribution in [0.5, 0.6) is 5.75 Å². The van der Waals surface area contributed by atoms with Crippen molar-refractivity contribution >= 4 is 41.3 Å². The smallest absolute Gasteiger partial charge is 0.353 e. The van der Waals surface area contributed by atoms with Gasteiger partial charge in [-0.2, -0.15) is 0 Å². The minimum atomic E-state index is -1.13. The minimum Gasteiger partial charge on any atom is -0.484 e. The Labute approximate surface area is 187 Å². The number of nitrogens with one attached hydrogen (secondary N) is 1. The van der Waals surface area contributed by atoms with E-state index in [4.69, 9.17) is 4.74 Å². The van der Waals surface area contributed by atoms with Crippen LogP contribution in [0.1, 0.15) is 5.56 Å². The number of fused-ring (bicyclic) bond motifs is 1. The van der Waals surface area contributed by atoms with Crippen LogP contribution >= 0.6 is 23.5 Å². The lowest BCUT2D eigenvalue weighted by molar-refractivity contribution is -0.150. The molecule has 0 spiro atoms. The van der Waals surface area contributed by atoms with Gasteiger partial charge in [0.25, 0.3) is 11.8 Å². The van der Waals surface area contributed by atoms with Gasteiger partial charge in [0.15, 0.2) is 6.61 Å². The second kappa shape index (κ2) is 9.49. The third-order valence-electron chi connectivity index (χ3n) is 4.82. The highest BCUT2D eigenvalue weighted by molar-refractivity contribution is 8.05. The number of rotatable bonds is 8. The van der Waals surface area contributed by atoms with Crippen LogP contribution in [0.2, 0.25) is 0 Å². The first kappa shape index (κ1) is 21.3. The molecule has 2 aromatic rings. The SMILES string of the molecule is O=C(COc1ccccc1)N[C@@H]1C(=O)N2C(C(=O)O)=C(SCc3ccccc3)CS[C@@H]12. The van der Waals surface area contributed by atoms with Crippen LogP contribution in [-0.2, 0) is 20.1 Å². The molecule has 0 aromatic heterocycles. The zero-order valence-electron chi connectivity index (χ0n) is 16.4. The molecular formula is C22H20N2O5S2. The lowest BCUT2D eigenvalue weighted by Gasteiger charge is -2.49. The molecule has 2 atom stereocenters. The molecule has 1 saturated heterocycles. The Morgan fingerprint density at radius 1 is 1.13 bits per heavy atom. The number of carboxylic acid groups (broad SMARTS) is 1. The van der Waals surface area contributed by atoms with Crippen molar-refractivity contribution in [2.24, 2.45) is 0 Å². The van der Waals surface area contributed by atoms with E-state index in [1.165, 1.54) is 28.4 Å². The normalized spacial score (nSPS) is 20.0. The van der Waals surface area contributed by atoms with Gasteiger partial charge in [-0.25, -0.2) is 4.79 Å². The van der Waals surface area contributed by atoms with Gasteiger partial charge >= 0.3 is 5.97 Å². The van der Waals surface area contributed by atoms with Crippen molar-refractivity contribution in [1.82, 2.24) is 10.2 Å². The molecule has 7 nitrogen and oxygen atoms in total. The lowest BCUT2D eigenvalue weighted by Crippen LogP contribution is -2.70. The zero-order chi connectivity index (χ0) is 21.8. The van der Waals surface area contributed by atoms with Crippen LogP contribution in [-0.4, -0.2) is 51.6 Å². The fraction of sp³-hybridized carbons (Fsp3) is 0.227. The summed E-state index contributed by atoms with van der Waals surface area (Å²) in [7, 11) is 0. The van der Waals surface area contributed by atoms with Crippen molar-refractivity contribution in [3.63, 3.8) is 0 Å². The maximum absolute atomic E-state index is 12.7. The number of hydrogen-bond acceptors (Lipinski definition) is 6. The zero-order valence-corrected chi connectivity index (χ0v) is 18.0. The number of β-lactam (4-membered cyclic amide) rings is 1. The first-order valence-corrected chi connectivity index (χ1v) is 11.6. The van der Waals surface area contributed by atoms with Crippen LogP contribution in [0, 0.1) is 0 Å². The summed E-state index contributed by atoms with van der Waals surface area (Å²) in [5, 5.41) is 12.0. The molecule has 31 heavy (non-hydrogen) atoms. The monoisotopic (exact) mass is 456 g/mol. The summed E-state index contributed by atoms with van der Waals surface area (Å²) in [6.07, 6.45) is 0. The molecule has 2 aromatic carbocycles. The Morgan fingerprint density at radius 3 is 2.48 bits per heavy atom. The number of benzene rings is 2. The Hall–Kier alpha value is -2.91. The molecule has 1 fully saturated rings. The molecule has 2 aliphatic heterocycles. The summed E-state index contributed by atoms with van der Waals surface area (Å²) >= 11 is 2.88. The Bertz CT molecular complexity index is 1010. The molecule has 9 heteroatoms. The van der Waals surface area contributed by atoms with E-state index >= 15 is 0 Å². The average molecular weight is 457 g/mol. The summed E-state index contributed by atoms with van der Waals surface area (Å²) in [6.45, 7) is -0.217. The van der Waals surface area contributed by atoms with Crippen LogP contribution < -0.4 is 10.1 Å². The number of carbonyl (C=O) groups is 3. The lowest BCUT2D eigenvalue weighted by atomic mass is 10.1.